The van der Waals surface area contributed by atoms with E-state index < -0.39 is 0 Å². The second kappa shape index (κ2) is 4.94. The van der Waals surface area contributed by atoms with E-state index in [0.717, 1.165) is 0 Å². The van der Waals surface area contributed by atoms with Crippen LogP contribution in [0.1, 0.15) is 19.8 Å². The standard InChI is InChI=1S/C13H28N4/c1-13(15-12-14)4-3-5-17-9-6-16(2,7-10-17)8-11-17/h12-13H,3-11H2,1-2H3,(H2,14,15)/q+2/p+1/t13-,16?,17?/m1/s1. The van der Waals surface area contributed by atoms with Crippen molar-refractivity contribution in [3.8, 4) is 0 Å². The summed E-state index contributed by atoms with van der Waals surface area (Å²) in [5, 5.41) is 0. The van der Waals surface area contributed by atoms with Crippen molar-refractivity contribution in [1.82, 2.24) is 0 Å². The molecule has 3 aliphatic rings. The van der Waals surface area contributed by atoms with E-state index in [1.54, 1.807) is 6.34 Å². The molecule has 4 heteroatoms. The predicted octanol–water partition coefficient (Wildman–Crippen LogP) is -1.49. The Morgan fingerprint density at radius 1 is 1.18 bits per heavy atom. The van der Waals surface area contributed by atoms with Crippen molar-refractivity contribution in [3.63, 3.8) is 0 Å². The minimum Gasteiger partial charge on any atom is -0.312 e. The van der Waals surface area contributed by atoms with Gasteiger partial charge in [-0.05, 0) is 13.3 Å². The molecule has 0 radical (unpaired) electrons. The molecule has 3 N–H and O–H groups in total. The summed E-state index contributed by atoms with van der Waals surface area (Å²) < 4.78 is 2.73. The van der Waals surface area contributed by atoms with Crippen molar-refractivity contribution in [1.29, 1.82) is 0 Å². The van der Waals surface area contributed by atoms with Crippen molar-refractivity contribution in [2.24, 2.45) is 5.73 Å². The Balaban J connectivity index is 1.76. The predicted molar refractivity (Wildman–Crippen MR) is 70.4 cm³/mol. The van der Waals surface area contributed by atoms with Crippen LogP contribution in [0, 0.1) is 0 Å². The Kier molecular flexibility index (Phi) is 3.73. The summed E-state index contributed by atoms with van der Waals surface area (Å²) in [6.45, 7) is 12.0. The van der Waals surface area contributed by atoms with Crippen molar-refractivity contribution in [2.75, 3.05) is 52.9 Å². The van der Waals surface area contributed by atoms with Crippen LogP contribution in [0.15, 0.2) is 0 Å². The van der Waals surface area contributed by atoms with E-state index in [1.165, 1.54) is 67.6 Å². The second-order valence-electron chi connectivity index (χ2n) is 6.40. The molecule has 98 valence electrons. The van der Waals surface area contributed by atoms with Gasteiger partial charge in [-0.25, -0.2) is 0 Å². The van der Waals surface area contributed by atoms with E-state index in [9.17, 15) is 0 Å². The molecule has 17 heavy (non-hydrogen) atoms. The van der Waals surface area contributed by atoms with Crippen LogP contribution in [-0.2, 0) is 0 Å². The van der Waals surface area contributed by atoms with E-state index in [0.29, 0.717) is 6.04 Å². The second-order valence-corrected chi connectivity index (χ2v) is 6.40. The molecule has 0 aromatic heterocycles. The number of nitrogens with one attached hydrogen (secondary N) is 1. The van der Waals surface area contributed by atoms with Crippen LogP contribution in [0.3, 0.4) is 0 Å². The monoisotopic (exact) mass is 241 g/mol. The third-order valence-electron chi connectivity index (χ3n) is 4.99. The number of fused-ring (bicyclic) bond motifs is 3. The van der Waals surface area contributed by atoms with E-state index in [2.05, 4.69) is 19.0 Å². The highest BCUT2D eigenvalue weighted by atomic mass is 15.5. The van der Waals surface area contributed by atoms with Crippen LogP contribution < -0.4 is 10.7 Å². The molecule has 3 aliphatic heterocycles. The first-order valence-electron chi connectivity index (χ1n) is 7.06. The fourth-order valence-corrected chi connectivity index (χ4v) is 3.35. The number of nitrogens with two attached hydrogens (primary N) is 1. The maximum Gasteiger partial charge on any atom is 0.227 e. The smallest absolute Gasteiger partial charge is 0.227 e. The highest BCUT2D eigenvalue weighted by Gasteiger charge is 2.46. The summed E-state index contributed by atoms with van der Waals surface area (Å²) >= 11 is 0. The van der Waals surface area contributed by atoms with Gasteiger partial charge in [0.05, 0.1) is 19.6 Å². The maximum atomic E-state index is 5.38. The third-order valence-corrected chi connectivity index (χ3v) is 4.99. The van der Waals surface area contributed by atoms with Gasteiger partial charge < -0.3 is 8.97 Å². The first-order chi connectivity index (χ1) is 8.08. The number of rotatable bonds is 5. The lowest BCUT2D eigenvalue weighted by Gasteiger charge is -2.54. The van der Waals surface area contributed by atoms with Gasteiger partial charge in [0, 0.05) is 6.42 Å². The van der Waals surface area contributed by atoms with Crippen LogP contribution in [0.4, 0.5) is 0 Å². The number of hydrogen-bond donors (Lipinski definition) is 2. The molecule has 1 atom stereocenters. The molecule has 2 bridgehead atoms. The van der Waals surface area contributed by atoms with Gasteiger partial charge in [0.15, 0.2) is 0 Å². The van der Waals surface area contributed by atoms with Crippen LogP contribution in [-0.4, -0.2) is 74.2 Å². The van der Waals surface area contributed by atoms with Crippen LogP contribution in [0.25, 0.3) is 0 Å². The van der Waals surface area contributed by atoms with Crippen LogP contribution >= 0.6 is 0 Å². The maximum absolute atomic E-state index is 5.38. The fraction of sp³-hybridized carbons (Fsp3) is 0.923. The molecule has 0 aromatic rings. The van der Waals surface area contributed by atoms with Gasteiger partial charge in [-0.15, -0.1) is 0 Å². The zero-order valence-corrected chi connectivity index (χ0v) is 11.5. The van der Waals surface area contributed by atoms with Crippen molar-refractivity contribution in [2.45, 2.75) is 25.8 Å². The minimum atomic E-state index is 0.522. The molecule has 3 fully saturated rings. The highest BCUT2D eigenvalue weighted by molar-refractivity contribution is 5.43. The summed E-state index contributed by atoms with van der Waals surface area (Å²) in [5.74, 6) is 0. The Morgan fingerprint density at radius 3 is 2.29 bits per heavy atom. The molecular formula is C13H29N4+3. The first-order valence-corrected chi connectivity index (χ1v) is 7.06. The van der Waals surface area contributed by atoms with Gasteiger partial charge in [0.1, 0.15) is 39.3 Å². The van der Waals surface area contributed by atoms with Crippen molar-refractivity contribution < 1.29 is 14.0 Å². The molecule has 0 saturated carbocycles. The fourth-order valence-electron chi connectivity index (χ4n) is 3.35. The summed E-state index contributed by atoms with van der Waals surface area (Å²) in [6, 6.07) is 0.522. The van der Waals surface area contributed by atoms with Gasteiger partial charge in [0.25, 0.3) is 0 Å². The van der Waals surface area contributed by atoms with Crippen molar-refractivity contribution in [3.05, 3.63) is 0 Å². The topological polar surface area (TPSA) is 40.0 Å². The van der Waals surface area contributed by atoms with Crippen LogP contribution in [0.5, 0.6) is 0 Å². The Morgan fingerprint density at radius 2 is 1.76 bits per heavy atom. The zero-order chi connectivity index (χ0) is 12.4. The zero-order valence-electron chi connectivity index (χ0n) is 11.5. The molecule has 4 nitrogen and oxygen atoms in total. The largest absolute Gasteiger partial charge is 0.312 e. The van der Waals surface area contributed by atoms with E-state index in [1.807, 2.05) is 0 Å². The van der Waals surface area contributed by atoms with Gasteiger partial charge in [-0.2, -0.15) is 0 Å². The quantitative estimate of drug-likeness (QED) is 0.344. The van der Waals surface area contributed by atoms with E-state index in [4.69, 9.17) is 5.73 Å². The van der Waals surface area contributed by atoms with Crippen LogP contribution in [0.2, 0.25) is 0 Å². The Hall–Kier alpha value is -0.610. The van der Waals surface area contributed by atoms with E-state index >= 15 is 0 Å². The average molecular weight is 241 g/mol. The van der Waals surface area contributed by atoms with Gasteiger partial charge in [-0.3, -0.25) is 10.7 Å². The van der Waals surface area contributed by atoms with Gasteiger partial charge >= 0.3 is 0 Å². The lowest BCUT2D eigenvalue weighted by atomic mass is 10.1. The Labute approximate surface area is 105 Å². The molecule has 3 saturated heterocycles. The Bertz CT molecular complexity index is 263. The lowest BCUT2D eigenvalue weighted by Crippen LogP contribution is -2.77. The van der Waals surface area contributed by atoms with Gasteiger partial charge in [-0.1, -0.05) is 0 Å². The normalized spacial score (nSPS) is 38.7. The molecule has 3 heterocycles. The number of likely N-dealkylation sites (N-methyl/N-ethyl adjacent to an activating group) is 1. The highest BCUT2D eigenvalue weighted by Crippen LogP contribution is 2.25. The molecule has 0 unspecified atom stereocenters. The SMILES string of the molecule is C[C@H](CCC[N+]12CC[N+](C)(CC1)CC2)[NH+]=CN. The molecule has 0 aliphatic carbocycles. The number of quaternary nitrogens is 2. The summed E-state index contributed by atoms with van der Waals surface area (Å²) in [5.41, 5.74) is 5.38. The molecule has 0 spiro atoms. The summed E-state index contributed by atoms with van der Waals surface area (Å²) in [7, 11) is 2.43. The number of piperazine rings is 3. The molecular weight excluding hydrogens is 212 g/mol. The number of hydrogen-bond acceptors (Lipinski definition) is 0. The average Bonchev–Trinajstić information content (AvgIpc) is 2.32. The minimum absolute atomic E-state index is 0.522. The summed E-state index contributed by atoms with van der Waals surface area (Å²) in [6.07, 6.45) is 4.13. The van der Waals surface area contributed by atoms with Crippen molar-refractivity contribution >= 4 is 6.34 Å². The third kappa shape index (κ3) is 2.99. The van der Waals surface area contributed by atoms with Gasteiger partial charge in [0.2, 0.25) is 6.34 Å². The lowest BCUT2D eigenvalue weighted by molar-refractivity contribution is -1.07. The summed E-state index contributed by atoms with van der Waals surface area (Å²) in [4.78, 5) is 3.17. The first kappa shape index (κ1) is 12.8. The molecule has 0 aromatic carbocycles. The molecule has 0 amide bonds. The molecule has 3 rings (SSSR count). The number of nitrogens with zero attached hydrogens (tertiary/aromatic N) is 2. The van der Waals surface area contributed by atoms with E-state index in [-0.39, 0.29) is 0 Å².